The molecule has 124 valence electrons. The number of aliphatic hydroxyl groups excluding tert-OH is 1. The number of carbonyl (C=O) groups is 1. The first-order valence-electron chi connectivity index (χ1n) is 7.55. The van der Waals surface area contributed by atoms with Crippen LogP contribution in [0.5, 0.6) is 0 Å². The zero-order valence-electron chi connectivity index (χ0n) is 13.3. The summed E-state index contributed by atoms with van der Waals surface area (Å²) in [7, 11) is 1.94. The van der Waals surface area contributed by atoms with Crippen molar-refractivity contribution < 1.29 is 14.6 Å². The van der Waals surface area contributed by atoms with Crippen molar-refractivity contribution in [1.29, 1.82) is 0 Å². The predicted molar refractivity (Wildman–Crippen MR) is 83.2 cm³/mol. The van der Waals surface area contributed by atoms with E-state index in [1.54, 1.807) is 22.8 Å². The van der Waals surface area contributed by atoms with E-state index in [4.69, 9.17) is 4.74 Å². The Bertz CT molecular complexity index is 703. The quantitative estimate of drug-likeness (QED) is 0.792. The highest BCUT2D eigenvalue weighted by molar-refractivity contribution is 5.95. The minimum absolute atomic E-state index is 0.0860. The number of likely N-dealkylation sites (N-methyl/N-ethyl adjacent to an activating group) is 1. The van der Waals surface area contributed by atoms with Crippen molar-refractivity contribution >= 4 is 11.6 Å². The molecule has 0 spiro atoms. The van der Waals surface area contributed by atoms with Crippen LogP contribution in [0.15, 0.2) is 24.7 Å². The van der Waals surface area contributed by atoms with E-state index >= 15 is 0 Å². The summed E-state index contributed by atoms with van der Waals surface area (Å²) in [6.45, 7) is 3.26. The fourth-order valence-corrected chi connectivity index (χ4v) is 2.79. The van der Waals surface area contributed by atoms with E-state index in [-0.39, 0.29) is 18.6 Å². The Balaban J connectivity index is 1.71. The molecule has 23 heavy (non-hydrogen) atoms. The molecule has 1 amide bonds. The van der Waals surface area contributed by atoms with Gasteiger partial charge in [0.1, 0.15) is 6.33 Å². The zero-order valence-corrected chi connectivity index (χ0v) is 13.3. The number of carbonyl (C=O) groups excluding carboxylic acids is 1. The predicted octanol–water partition coefficient (Wildman–Crippen LogP) is -0.459. The minimum atomic E-state index is -0.605. The van der Waals surface area contributed by atoms with E-state index in [1.165, 1.54) is 6.33 Å². The molecule has 3 heterocycles. The summed E-state index contributed by atoms with van der Waals surface area (Å²) in [6, 6.07) is 3.55. The number of pyridine rings is 1. The molecule has 3 rings (SSSR count). The van der Waals surface area contributed by atoms with Crippen LogP contribution < -0.4 is 5.32 Å². The molecule has 1 aliphatic heterocycles. The van der Waals surface area contributed by atoms with Crippen LogP contribution >= 0.6 is 0 Å². The molecular formula is C15H21N5O3. The van der Waals surface area contributed by atoms with Crippen LogP contribution in [0.25, 0.3) is 5.65 Å². The lowest BCUT2D eigenvalue weighted by Crippen LogP contribution is -2.65. The van der Waals surface area contributed by atoms with Gasteiger partial charge in [0.15, 0.2) is 5.65 Å². The molecule has 1 saturated heterocycles. The molecule has 2 aromatic rings. The monoisotopic (exact) mass is 319 g/mol. The van der Waals surface area contributed by atoms with Gasteiger partial charge in [0.2, 0.25) is 0 Å². The number of hydrogen-bond donors (Lipinski definition) is 2. The Morgan fingerprint density at radius 3 is 3.22 bits per heavy atom. The van der Waals surface area contributed by atoms with E-state index in [2.05, 4.69) is 20.3 Å². The molecule has 2 N–H and O–H groups in total. The SMILES string of the molecule is C[C@@H]1COC[C@@](CO)(CNC(=O)c2ccn3ncnc3c2)N1C. The van der Waals surface area contributed by atoms with Crippen LogP contribution in [0.4, 0.5) is 0 Å². The van der Waals surface area contributed by atoms with Gasteiger partial charge in [-0.1, -0.05) is 0 Å². The summed E-state index contributed by atoms with van der Waals surface area (Å²) in [6.07, 6.45) is 3.13. The van der Waals surface area contributed by atoms with Gasteiger partial charge in [-0.05, 0) is 26.1 Å². The standard InChI is InChI=1S/C15H21N5O3/c1-11-6-23-9-15(8-21,19(11)2)7-16-14(22)12-3-4-20-13(5-12)17-10-18-20/h3-5,10-11,21H,6-9H2,1-2H3,(H,16,22)/t11-,15+/m1/s1. The minimum Gasteiger partial charge on any atom is -0.394 e. The fraction of sp³-hybridized carbons (Fsp3) is 0.533. The van der Waals surface area contributed by atoms with E-state index in [1.807, 2.05) is 14.0 Å². The highest BCUT2D eigenvalue weighted by Gasteiger charge is 2.40. The summed E-state index contributed by atoms with van der Waals surface area (Å²) in [4.78, 5) is 18.5. The second-order valence-corrected chi connectivity index (χ2v) is 6.02. The number of rotatable bonds is 4. The smallest absolute Gasteiger partial charge is 0.251 e. The van der Waals surface area contributed by atoms with Gasteiger partial charge >= 0.3 is 0 Å². The Hall–Kier alpha value is -2.03. The number of ether oxygens (including phenoxy) is 1. The summed E-state index contributed by atoms with van der Waals surface area (Å²) in [5, 5.41) is 16.7. The van der Waals surface area contributed by atoms with Gasteiger partial charge in [-0.2, -0.15) is 5.10 Å². The fourth-order valence-electron chi connectivity index (χ4n) is 2.79. The Morgan fingerprint density at radius 2 is 2.43 bits per heavy atom. The van der Waals surface area contributed by atoms with E-state index < -0.39 is 5.54 Å². The largest absolute Gasteiger partial charge is 0.394 e. The summed E-state index contributed by atoms with van der Waals surface area (Å²) < 4.78 is 7.16. The molecule has 8 nitrogen and oxygen atoms in total. The van der Waals surface area contributed by atoms with Gasteiger partial charge in [0.25, 0.3) is 5.91 Å². The summed E-state index contributed by atoms with van der Waals surface area (Å²) in [5.74, 6) is -0.213. The third-order valence-electron chi connectivity index (χ3n) is 4.55. The molecule has 1 fully saturated rings. The van der Waals surface area contributed by atoms with Crippen LogP contribution in [0.1, 0.15) is 17.3 Å². The van der Waals surface area contributed by atoms with E-state index in [9.17, 15) is 9.90 Å². The summed E-state index contributed by atoms with van der Waals surface area (Å²) in [5.41, 5.74) is 0.513. The van der Waals surface area contributed by atoms with Crippen LogP contribution in [0.3, 0.4) is 0 Å². The van der Waals surface area contributed by atoms with Crippen molar-refractivity contribution in [2.24, 2.45) is 0 Å². The molecule has 0 aromatic carbocycles. The van der Waals surface area contributed by atoms with Gasteiger partial charge in [-0.3, -0.25) is 9.69 Å². The number of aliphatic hydroxyl groups is 1. The molecule has 0 aliphatic carbocycles. The third kappa shape index (κ3) is 2.92. The van der Waals surface area contributed by atoms with Crippen LogP contribution in [0, 0.1) is 0 Å². The zero-order chi connectivity index (χ0) is 16.4. The first kappa shape index (κ1) is 15.9. The van der Waals surface area contributed by atoms with E-state index in [0.29, 0.717) is 31.0 Å². The average Bonchev–Trinajstić information content (AvgIpc) is 3.04. The normalized spacial score (nSPS) is 25.6. The van der Waals surface area contributed by atoms with Crippen molar-refractivity contribution in [3.05, 3.63) is 30.2 Å². The lowest BCUT2D eigenvalue weighted by molar-refractivity contribution is -0.105. The lowest BCUT2D eigenvalue weighted by Gasteiger charge is -2.47. The molecular weight excluding hydrogens is 298 g/mol. The molecule has 1 aliphatic rings. The van der Waals surface area contributed by atoms with Crippen molar-refractivity contribution in [2.45, 2.75) is 18.5 Å². The van der Waals surface area contributed by atoms with Gasteiger partial charge in [0, 0.05) is 24.3 Å². The van der Waals surface area contributed by atoms with Gasteiger partial charge in [-0.25, -0.2) is 9.50 Å². The number of hydrogen-bond acceptors (Lipinski definition) is 6. The van der Waals surface area contributed by atoms with Gasteiger partial charge < -0.3 is 15.2 Å². The number of morpholine rings is 1. The lowest BCUT2D eigenvalue weighted by atomic mass is 9.96. The first-order valence-corrected chi connectivity index (χ1v) is 7.55. The second kappa shape index (κ2) is 6.23. The van der Waals surface area contributed by atoms with E-state index in [0.717, 1.165) is 0 Å². The molecule has 2 atom stereocenters. The maximum Gasteiger partial charge on any atom is 0.251 e. The topological polar surface area (TPSA) is 92.0 Å². The highest BCUT2D eigenvalue weighted by atomic mass is 16.5. The highest BCUT2D eigenvalue weighted by Crippen LogP contribution is 2.21. The maximum atomic E-state index is 12.4. The van der Waals surface area contributed by atoms with Crippen molar-refractivity contribution in [2.75, 3.05) is 33.4 Å². The van der Waals surface area contributed by atoms with Gasteiger partial charge in [0.05, 0.1) is 25.4 Å². The van der Waals surface area contributed by atoms with Gasteiger partial charge in [-0.15, -0.1) is 0 Å². The molecule has 0 unspecified atom stereocenters. The van der Waals surface area contributed by atoms with Crippen molar-refractivity contribution in [3.8, 4) is 0 Å². The number of amides is 1. The number of fused-ring (bicyclic) bond motifs is 1. The molecule has 0 saturated carbocycles. The Morgan fingerprint density at radius 1 is 1.61 bits per heavy atom. The molecule has 0 radical (unpaired) electrons. The van der Waals surface area contributed by atoms with Crippen molar-refractivity contribution in [1.82, 2.24) is 24.8 Å². The molecule has 2 aromatic heterocycles. The second-order valence-electron chi connectivity index (χ2n) is 6.02. The average molecular weight is 319 g/mol. The van der Waals surface area contributed by atoms with Crippen LogP contribution in [0.2, 0.25) is 0 Å². The number of aromatic nitrogens is 3. The molecule has 8 heteroatoms. The molecule has 0 bridgehead atoms. The Kier molecular flexibility index (Phi) is 4.29. The maximum absolute atomic E-state index is 12.4. The van der Waals surface area contributed by atoms with Crippen LogP contribution in [-0.2, 0) is 4.74 Å². The van der Waals surface area contributed by atoms with Crippen molar-refractivity contribution in [3.63, 3.8) is 0 Å². The Labute approximate surface area is 134 Å². The number of nitrogens with zero attached hydrogens (tertiary/aromatic N) is 4. The summed E-state index contributed by atoms with van der Waals surface area (Å²) >= 11 is 0. The number of nitrogens with one attached hydrogen (secondary N) is 1. The third-order valence-corrected chi connectivity index (χ3v) is 4.55. The first-order chi connectivity index (χ1) is 11.1. The van der Waals surface area contributed by atoms with Crippen LogP contribution in [-0.4, -0.2) is 75.5 Å².